The fourth-order valence-electron chi connectivity index (χ4n) is 2.84. The number of nitrogens with two attached hydrogens (primary N) is 1. The van der Waals surface area contributed by atoms with Crippen molar-refractivity contribution in [3.8, 4) is 17.4 Å². The van der Waals surface area contributed by atoms with Crippen LogP contribution in [0.15, 0.2) is 60.9 Å². The van der Waals surface area contributed by atoms with Crippen LogP contribution in [0.4, 0.5) is 30.4 Å². The van der Waals surface area contributed by atoms with Gasteiger partial charge in [-0.3, -0.25) is 0 Å². The summed E-state index contributed by atoms with van der Waals surface area (Å²) in [5.41, 5.74) is 8.23. The molecule has 3 N–H and O–H groups in total. The highest BCUT2D eigenvalue weighted by Gasteiger charge is 2.31. The van der Waals surface area contributed by atoms with Gasteiger partial charge in [0.15, 0.2) is 11.6 Å². The number of ether oxygens (including phenoxy) is 2. The predicted molar refractivity (Wildman–Crippen MR) is 109 cm³/mol. The molecule has 0 amide bonds. The molecule has 0 radical (unpaired) electrons. The van der Waals surface area contributed by atoms with E-state index in [1.165, 1.54) is 30.6 Å². The summed E-state index contributed by atoms with van der Waals surface area (Å²) in [6, 6.07) is 14.5. The molecular formula is C21H16F3N5O2. The molecule has 0 saturated carbocycles. The second-order valence-corrected chi connectivity index (χ2v) is 6.52. The molecule has 7 nitrogen and oxygen atoms in total. The Labute approximate surface area is 174 Å². The van der Waals surface area contributed by atoms with Gasteiger partial charge in [0.25, 0.3) is 0 Å². The molecule has 0 bridgehead atoms. The molecule has 2 aromatic carbocycles. The quantitative estimate of drug-likeness (QED) is 0.443. The Morgan fingerprint density at radius 3 is 2.48 bits per heavy atom. The molecule has 2 heterocycles. The fourth-order valence-corrected chi connectivity index (χ4v) is 2.84. The number of nitrogens with zero attached hydrogens (tertiary/aromatic N) is 3. The molecule has 2 aromatic heterocycles. The Balaban J connectivity index is 1.57. The molecule has 0 aliphatic rings. The molecule has 158 valence electrons. The number of nitrogen functional groups attached to an aromatic ring is 1. The fraction of sp³-hybridized carbons (Fsp3) is 0.0952. The van der Waals surface area contributed by atoms with E-state index in [4.69, 9.17) is 10.5 Å². The molecule has 10 heteroatoms. The largest absolute Gasteiger partial charge is 0.573 e. The highest BCUT2D eigenvalue weighted by molar-refractivity contribution is 5.85. The summed E-state index contributed by atoms with van der Waals surface area (Å²) in [5.74, 6) is 0.492. The van der Waals surface area contributed by atoms with Crippen LogP contribution in [-0.2, 0) is 0 Å². The molecule has 0 aliphatic heterocycles. The van der Waals surface area contributed by atoms with E-state index in [9.17, 15) is 13.2 Å². The number of aromatic nitrogens is 3. The van der Waals surface area contributed by atoms with Crippen LogP contribution < -0.4 is 20.5 Å². The number of alkyl halides is 3. The van der Waals surface area contributed by atoms with Gasteiger partial charge in [-0.1, -0.05) is 18.2 Å². The van der Waals surface area contributed by atoms with Crippen molar-refractivity contribution in [3.63, 3.8) is 0 Å². The lowest BCUT2D eigenvalue weighted by molar-refractivity contribution is -0.274. The van der Waals surface area contributed by atoms with E-state index in [0.29, 0.717) is 17.0 Å². The Hall–Kier alpha value is -4.08. The first-order chi connectivity index (χ1) is 14.8. The van der Waals surface area contributed by atoms with Gasteiger partial charge in [0, 0.05) is 16.8 Å². The van der Waals surface area contributed by atoms with Gasteiger partial charge in [0.05, 0.1) is 0 Å². The van der Waals surface area contributed by atoms with Crippen LogP contribution in [0.25, 0.3) is 10.9 Å². The second-order valence-electron chi connectivity index (χ2n) is 6.52. The smallest absolute Gasteiger partial charge is 0.435 e. The third-order valence-electron chi connectivity index (χ3n) is 4.23. The third-order valence-corrected chi connectivity index (χ3v) is 4.23. The van der Waals surface area contributed by atoms with Gasteiger partial charge in [-0.25, -0.2) is 9.97 Å². The minimum Gasteiger partial charge on any atom is -0.435 e. The average Bonchev–Trinajstić information content (AvgIpc) is 2.72. The monoisotopic (exact) mass is 427 g/mol. The number of aryl methyl sites for hydroxylation is 1. The van der Waals surface area contributed by atoms with Gasteiger partial charge in [0.2, 0.25) is 5.88 Å². The van der Waals surface area contributed by atoms with Gasteiger partial charge in [-0.2, -0.15) is 4.98 Å². The Morgan fingerprint density at radius 1 is 0.968 bits per heavy atom. The third kappa shape index (κ3) is 4.74. The number of benzene rings is 2. The van der Waals surface area contributed by atoms with Crippen LogP contribution in [0.1, 0.15) is 5.69 Å². The van der Waals surface area contributed by atoms with Crippen molar-refractivity contribution in [1.82, 2.24) is 15.0 Å². The number of para-hydroxylation sites is 1. The summed E-state index contributed by atoms with van der Waals surface area (Å²) < 4.78 is 46.6. The number of halogens is 3. The van der Waals surface area contributed by atoms with Crippen LogP contribution in [0.5, 0.6) is 17.4 Å². The number of anilines is 3. The Morgan fingerprint density at radius 2 is 1.74 bits per heavy atom. The molecule has 31 heavy (non-hydrogen) atoms. The van der Waals surface area contributed by atoms with Crippen molar-refractivity contribution in [2.75, 3.05) is 11.1 Å². The molecule has 0 saturated heterocycles. The normalized spacial score (nSPS) is 11.4. The van der Waals surface area contributed by atoms with E-state index in [1.807, 2.05) is 31.2 Å². The van der Waals surface area contributed by atoms with E-state index < -0.39 is 6.36 Å². The lowest BCUT2D eigenvalue weighted by Gasteiger charge is -2.13. The highest BCUT2D eigenvalue weighted by atomic mass is 19.4. The van der Waals surface area contributed by atoms with Crippen LogP contribution in [-0.4, -0.2) is 21.3 Å². The molecular weight excluding hydrogens is 411 g/mol. The minimum atomic E-state index is -4.76. The molecule has 4 aromatic rings. The van der Waals surface area contributed by atoms with Gasteiger partial charge in [0.1, 0.15) is 23.3 Å². The Bertz CT molecular complexity index is 1230. The second kappa shape index (κ2) is 7.98. The maximum absolute atomic E-state index is 12.3. The maximum atomic E-state index is 12.3. The van der Waals surface area contributed by atoms with Crippen molar-refractivity contribution in [2.45, 2.75) is 13.3 Å². The maximum Gasteiger partial charge on any atom is 0.573 e. The molecule has 0 atom stereocenters. The number of nitrogens with one attached hydrogen (secondary N) is 1. The first kappa shape index (κ1) is 20.2. The Kier molecular flexibility index (Phi) is 5.20. The number of hydrogen-bond acceptors (Lipinski definition) is 7. The zero-order valence-corrected chi connectivity index (χ0v) is 16.1. The van der Waals surface area contributed by atoms with Gasteiger partial charge in [-0.15, -0.1) is 13.2 Å². The lowest BCUT2D eigenvalue weighted by atomic mass is 10.2. The SMILES string of the molecule is Cc1ccc2cccc(Oc3ncnc(Nc4ccc(OC(F)(F)F)cc4)c3N)c2n1. The molecule has 0 unspecified atom stereocenters. The first-order valence-corrected chi connectivity index (χ1v) is 9.06. The summed E-state index contributed by atoms with van der Waals surface area (Å²) in [4.78, 5) is 12.7. The van der Waals surface area contributed by atoms with Crippen molar-refractivity contribution in [3.05, 3.63) is 66.6 Å². The molecule has 4 rings (SSSR count). The summed E-state index contributed by atoms with van der Waals surface area (Å²) in [6.07, 6.45) is -3.49. The van der Waals surface area contributed by atoms with Gasteiger partial charge in [-0.05, 0) is 43.3 Å². The van der Waals surface area contributed by atoms with E-state index >= 15 is 0 Å². The van der Waals surface area contributed by atoms with Crippen molar-refractivity contribution in [2.24, 2.45) is 0 Å². The van der Waals surface area contributed by atoms with Crippen molar-refractivity contribution in [1.29, 1.82) is 0 Å². The zero-order valence-electron chi connectivity index (χ0n) is 16.1. The minimum absolute atomic E-state index is 0.116. The van der Waals surface area contributed by atoms with Gasteiger partial charge >= 0.3 is 6.36 Å². The molecule has 0 spiro atoms. The van der Waals surface area contributed by atoms with E-state index in [1.54, 1.807) is 6.07 Å². The van der Waals surface area contributed by atoms with Crippen LogP contribution in [0.3, 0.4) is 0 Å². The van der Waals surface area contributed by atoms with E-state index in [0.717, 1.165) is 11.1 Å². The van der Waals surface area contributed by atoms with Crippen LogP contribution >= 0.6 is 0 Å². The van der Waals surface area contributed by atoms with Crippen LogP contribution in [0.2, 0.25) is 0 Å². The highest BCUT2D eigenvalue weighted by Crippen LogP contribution is 2.34. The average molecular weight is 427 g/mol. The van der Waals surface area contributed by atoms with Crippen molar-refractivity contribution < 1.29 is 22.6 Å². The standard InChI is InChI=1S/C21H16F3N5O2/c1-12-5-6-13-3-2-4-16(18(13)28-12)30-20-17(25)19(26-11-27-20)29-14-7-9-15(10-8-14)31-21(22,23)24/h2-11H,25H2,1H3,(H,26,27,29). The van der Waals surface area contributed by atoms with Gasteiger partial charge < -0.3 is 20.5 Å². The van der Waals surface area contributed by atoms with Crippen molar-refractivity contribution >= 4 is 28.1 Å². The lowest BCUT2D eigenvalue weighted by Crippen LogP contribution is -2.17. The molecule has 0 fully saturated rings. The zero-order chi connectivity index (χ0) is 22.0. The summed E-state index contributed by atoms with van der Waals surface area (Å²) >= 11 is 0. The summed E-state index contributed by atoms with van der Waals surface area (Å²) in [5, 5.41) is 3.82. The van der Waals surface area contributed by atoms with E-state index in [2.05, 4.69) is 25.0 Å². The van der Waals surface area contributed by atoms with E-state index in [-0.39, 0.29) is 23.1 Å². The predicted octanol–water partition coefficient (Wildman–Crippen LogP) is 5.35. The number of pyridine rings is 1. The first-order valence-electron chi connectivity index (χ1n) is 9.06. The number of rotatable bonds is 5. The summed E-state index contributed by atoms with van der Waals surface area (Å²) in [7, 11) is 0. The van der Waals surface area contributed by atoms with Crippen LogP contribution in [0, 0.1) is 6.92 Å². The number of hydrogen-bond donors (Lipinski definition) is 2. The number of fused-ring (bicyclic) bond motifs is 1. The topological polar surface area (TPSA) is 95.2 Å². The molecule has 0 aliphatic carbocycles. The summed E-state index contributed by atoms with van der Waals surface area (Å²) in [6.45, 7) is 1.88.